The van der Waals surface area contributed by atoms with Crippen molar-refractivity contribution in [3.8, 4) is 5.75 Å². The lowest BCUT2D eigenvalue weighted by molar-refractivity contribution is -0.303. The Morgan fingerprint density at radius 1 is 0.921 bits per heavy atom. The summed E-state index contributed by atoms with van der Waals surface area (Å²) in [4.78, 5) is 33.4. The summed E-state index contributed by atoms with van der Waals surface area (Å²) in [6.07, 6.45) is 2.87. The normalized spacial score (nSPS) is 13.9. The molecule has 0 radical (unpaired) electrons. The highest BCUT2D eigenvalue weighted by Crippen LogP contribution is 2.18. The van der Waals surface area contributed by atoms with Crippen LogP contribution in [0, 0.1) is 0 Å². The van der Waals surface area contributed by atoms with Gasteiger partial charge in [-0.25, -0.2) is 14.6 Å². The van der Waals surface area contributed by atoms with Gasteiger partial charge >= 0.3 is 6.09 Å². The smallest absolute Gasteiger partial charge is 0.408 e. The van der Waals surface area contributed by atoms with Crippen LogP contribution in [0.1, 0.15) is 52.1 Å². The number of likely N-dealkylation sites (tertiary alicyclic amines) is 1. The second-order valence-corrected chi connectivity index (χ2v) is 9.50. The van der Waals surface area contributed by atoms with E-state index < -0.39 is 11.7 Å². The molecule has 11 heteroatoms. The van der Waals surface area contributed by atoms with Crippen LogP contribution in [0.2, 0.25) is 0 Å². The molecule has 1 unspecified atom stereocenters. The number of carbonyl (C=O) groups is 2. The molecular formula is C27H46N2O9. The molecule has 1 heterocycles. The van der Waals surface area contributed by atoms with Crippen LogP contribution in [-0.4, -0.2) is 96.1 Å². The summed E-state index contributed by atoms with van der Waals surface area (Å²) in [5.74, 6) is 0.735. The van der Waals surface area contributed by atoms with Gasteiger partial charge in [0.25, 0.3) is 0 Å². The maximum Gasteiger partial charge on any atom is 0.408 e. The highest BCUT2D eigenvalue weighted by atomic mass is 17.2. The molecular weight excluding hydrogens is 496 g/mol. The Labute approximate surface area is 226 Å². The van der Waals surface area contributed by atoms with Crippen molar-refractivity contribution in [2.24, 2.45) is 0 Å². The Morgan fingerprint density at radius 2 is 1.47 bits per heavy atom. The predicted molar refractivity (Wildman–Crippen MR) is 142 cm³/mol. The number of hydrogen-bond acceptors (Lipinski definition) is 9. The lowest BCUT2D eigenvalue weighted by Gasteiger charge is -2.22. The lowest BCUT2D eigenvalue weighted by atomic mass is 10.1. The first-order chi connectivity index (χ1) is 18.2. The van der Waals surface area contributed by atoms with Crippen molar-refractivity contribution in [3.63, 3.8) is 0 Å². The minimum atomic E-state index is -0.525. The van der Waals surface area contributed by atoms with Crippen molar-refractivity contribution in [3.05, 3.63) is 29.8 Å². The molecule has 1 aliphatic heterocycles. The van der Waals surface area contributed by atoms with E-state index in [0.29, 0.717) is 52.9 Å². The van der Waals surface area contributed by atoms with Crippen molar-refractivity contribution in [2.45, 2.75) is 52.2 Å². The fourth-order valence-electron chi connectivity index (χ4n) is 3.14. The molecule has 1 fully saturated rings. The van der Waals surface area contributed by atoms with Crippen LogP contribution < -0.4 is 10.1 Å². The van der Waals surface area contributed by atoms with E-state index in [4.69, 9.17) is 33.5 Å². The van der Waals surface area contributed by atoms with Crippen molar-refractivity contribution in [1.82, 2.24) is 10.2 Å². The number of benzene rings is 1. The van der Waals surface area contributed by atoms with Crippen molar-refractivity contribution < 1.29 is 43.0 Å². The second kappa shape index (κ2) is 20.5. The van der Waals surface area contributed by atoms with Crippen molar-refractivity contribution in [2.75, 3.05) is 73.1 Å². The largest absolute Gasteiger partial charge is 0.491 e. The van der Waals surface area contributed by atoms with E-state index in [-0.39, 0.29) is 6.04 Å². The molecule has 1 N–H and O–H groups in total. The van der Waals surface area contributed by atoms with Gasteiger partial charge in [0, 0.05) is 20.2 Å². The van der Waals surface area contributed by atoms with Gasteiger partial charge in [-0.1, -0.05) is 12.1 Å². The summed E-state index contributed by atoms with van der Waals surface area (Å²) in [5.41, 5.74) is 0.433. The average molecular weight is 543 g/mol. The van der Waals surface area contributed by atoms with Crippen LogP contribution in [-0.2, 0) is 33.5 Å². The SMILES string of the molecule is COCCOOCCOCCOCCOc1ccc(C(C)NC(=O)OC(C)(C)C)cc1.O=CN1CCCC1. The van der Waals surface area contributed by atoms with Gasteiger partial charge < -0.3 is 33.9 Å². The molecule has 1 aliphatic rings. The summed E-state index contributed by atoms with van der Waals surface area (Å²) in [5, 5.41) is 2.81. The van der Waals surface area contributed by atoms with E-state index in [0.717, 1.165) is 30.8 Å². The molecule has 2 amide bonds. The Kier molecular flexibility index (Phi) is 18.1. The monoisotopic (exact) mass is 542 g/mol. The lowest BCUT2D eigenvalue weighted by Crippen LogP contribution is -2.34. The number of amides is 2. The Balaban J connectivity index is 0.000000884. The first-order valence-corrected chi connectivity index (χ1v) is 13.1. The zero-order chi connectivity index (χ0) is 28.1. The van der Waals surface area contributed by atoms with Gasteiger partial charge in [0.1, 0.15) is 31.2 Å². The van der Waals surface area contributed by atoms with E-state index in [1.807, 2.05) is 52.0 Å². The maximum absolute atomic E-state index is 11.9. The van der Waals surface area contributed by atoms with Gasteiger partial charge in [-0.05, 0) is 58.2 Å². The first kappa shape index (κ1) is 33.6. The van der Waals surface area contributed by atoms with E-state index in [1.165, 1.54) is 12.8 Å². The molecule has 1 aromatic carbocycles. The summed E-state index contributed by atoms with van der Waals surface area (Å²) in [7, 11) is 1.60. The van der Waals surface area contributed by atoms with Crippen LogP contribution in [0.5, 0.6) is 5.75 Å². The third kappa shape index (κ3) is 17.9. The van der Waals surface area contributed by atoms with Gasteiger partial charge in [0.15, 0.2) is 0 Å². The molecule has 0 bridgehead atoms. The number of ether oxygens (including phenoxy) is 5. The van der Waals surface area contributed by atoms with Crippen LogP contribution in [0.3, 0.4) is 0 Å². The molecule has 2 rings (SSSR count). The molecule has 1 atom stereocenters. The fourth-order valence-corrected chi connectivity index (χ4v) is 3.14. The van der Waals surface area contributed by atoms with Crippen molar-refractivity contribution >= 4 is 12.5 Å². The minimum Gasteiger partial charge on any atom is -0.491 e. The predicted octanol–water partition coefficient (Wildman–Crippen LogP) is 3.52. The number of nitrogens with zero attached hydrogens (tertiary/aromatic N) is 1. The molecule has 0 spiro atoms. The van der Waals surface area contributed by atoms with Crippen LogP contribution in [0.25, 0.3) is 0 Å². The van der Waals surface area contributed by atoms with Crippen LogP contribution in [0.4, 0.5) is 4.79 Å². The number of rotatable bonds is 17. The minimum absolute atomic E-state index is 0.172. The average Bonchev–Trinajstić information content (AvgIpc) is 3.40. The molecule has 0 saturated carbocycles. The zero-order valence-electron chi connectivity index (χ0n) is 23.6. The van der Waals surface area contributed by atoms with Gasteiger partial charge in [-0.3, -0.25) is 4.79 Å². The molecule has 0 aromatic heterocycles. The van der Waals surface area contributed by atoms with E-state index in [9.17, 15) is 9.59 Å². The molecule has 38 heavy (non-hydrogen) atoms. The Hall–Kier alpha value is -2.44. The third-order valence-corrected chi connectivity index (χ3v) is 5.04. The highest BCUT2D eigenvalue weighted by molar-refractivity contribution is 5.68. The third-order valence-electron chi connectivity index (χ3n) is 5.04. The molecule has 1 saturated heterocycles. The van der Waals surface area contributed by atoms with Crippen LogP contribution in [0.15, 0.2) is 24.3 Å². The molecule has 0 aliphatic carbocycles. The Morgan fingerprint density at radius 3 is 2.00 bits per heavy atom. The second-order valence-electron chi connectivity index (χ2n) is 9.50. The number of methoxy groups -OCH3 is 1. The fraction of sp³-hybridized carbons (Fsp3) is 0.704. The van der Waals surface area contributed by atoms with E-state index in [2.05, 4.69) is 5.32 Å². The molecule has 11 nitrogen and oxygen atoms in total. The van der Waals surface area contributed by atoms with Gasteiger partial charge in [0.05, 0.1) is 39.1 Å². The van der Waals surface area contributed by atoms with Gasteiger partial charge in [0.2, 0.25) is 6.41 Å². The number of alkyl carbamates (subject to hydrolysis) is 1. The van der Waals surface area contributed by atoms with Crippen molar-refractivity contribution in [1.29, 1.82) is 0 Å². The maximum atomic E-state index is 11.9. The quantitative estimate of drug-likeness (QED) is 0.137. The number of nitrogens with one attached hydrogen (secondary N) is 1. The number of carbonyl (C=O) groups excluding carboxylic acids is 2. The van der Waals surface area contributed by atoms with E-state index in [1.54, 1.807) is 12.0 Å². The highest BCUT2D eigenvalue weighted by Gasteiger charge is 2.18. The van der Waals surface area contributed by atoms with Gasteiger partial charge in [-0.15, -0.1) is 0 Å². The summed E-state index contributed by atoms with van der Waals surface area (Å²) in [6, 6.07) is 7.37. The molecule has 218 valence electrons. The topological polar surface area (TPSA) is 114 Å². The first-order valence-electron chi connectivity index (χ1n) is 13.1. The molecule has 1 aromatic rings. The summed E-state index contributed by atoms with van der Waals surface area (Å²) < 4.78 is 26.6. The van der Waals surface area contributed by atoms with Crippen LogP contribution >= 0.6 is 0 Å². The number of hydrogen-bond donors (Lipinski definition) is 1. The summed E-state index contributed by atoms with van der Waals surface area (Å²) in [6.45, 7) is 12.8. The Bertz CT molecular complexity index is 735. The van der Waals surface area contributed by atoms with Gasteiger partial charge in [-0.2, -0.15) is 0 Å². The van der Waals surface area contributed by atoms with E-state index >= 15 is 0 Å². The zero-order valence-corrected chi connectivity index (χ0v) is 23.6. The summed E-state index contributed by atoms with van der Waals surface area (Å²) >= 11 is 0. The standard InChI is InChI=1S/C22H37NO8.C5H9NO/c1-18(23-21(24)31-22(2,3)4)19-6-8-20(9-7-19)28-15-13-26-11-12-27-14-17-30-29-16-10-25-5;7-5-6-3-1-2-4-6/h6-9,18H,10-17H2,1-5H3,(H,23,24);5H,1-4H2.